The van der Waals surface area contributed by atoms with Gasteiger partial charge in [0.1, 0.15) is 0 Å². The second-order valence-corrected chi connectivity index (χ2v) is 4.07. The van der Waals surface area contributed by atoms with Crippen molar-refractivity contribution in [3.05, 3.63) is 0 Å². The van der Waals surface area contributed by atoms with Gasteiger partial charge in [0.2, 0.25) is 0 Å². The van der Waals surface area contributed by atoms with Gasteiger partial charge >= 0.3 is 5.97 Å². The van der Waals surface area contributed by atoms with Crippen LogP contribution in [-0.4, -0.2) is 38.9 Å². The Kier molecular flexibility index (Phi) is 13.0. The molecule has 4 nitrogen and oxygen atoms in total. The van der Waals surface area contributed by atoms with E-state index in [1.54, 1.807) is 0 Å². The van der Waals surface area contributed by atoms with Gasteiger partial charge in [0, 0.05) is 13.2 Å². The lowest BCUT2D eigenvalue weighted by atomic mass is 10.3. The molecule has 0 atom stereocenters. The molecule has 0 fully saturated rings. The van der Waals surface area contributed by atoms with Crippen molar-refractivity contribution in [1.29, 1.82) is 0 Å². The molecule has 0 saturated carbocycles. The van der Waals surface area contributed by atoms with E-state index >= 15 is 0 Å². The highest BCUT2D eigenvalue weighted by Gasteiger charge is 2.00. The van der Waals surface area contributed by atoms with Crippen molar-refractivity contribution in [3.8, 4) is 0 Å². The summed E-state index contributed by atoms with van der Waals surface area (Å²) < 4.78 is 10.4. The largest absolute Gasteiger partial charge is 0.465 e. The summed E-state index contributed by atoms with van der Waals surface area (Å²) >= 11 is 0. The van der Waals surface area contributed by atoms with Crippen LogP contribution in [0.5, 0.6) is 0 Å². The lowest BCUT2D eigenvalue weighted by Crippen LogP contribution is -2.26. The van der Waals surface area contributed by atoms with Crippen molar-refractivity contribution in [1.82, 2.24) is 5.32 Å². The molecule has 1 N–H and O–H groups in total. The molecule has 17 heavy (non-hydrogen) atoms. The normalized spacial score (nSPS) is 10.5. The maximum atomic E-state index is 11.2. The lowest BCUT2D eigenvalue weighted by molar-refractivity contribution is -0.142. The fourth-order valence-electron chi connectivity index (χ4n) is 1.22. The molecule has 0 rings (SSSR count). The molecule has 102 valence electrons. The number of carbonyl (C=O) groups is 1. The summed E-state index contributed by atoms with van der Waals surface area (Å²) in [4.78, 5) is 11.2. The first-order chi connectivity index (χ1) is 8.31. The standard InChI is InChI=1S/C13H27NO3/c1-3-5-9-16-10-7-8-14-12-13(15)17-11-6-4-2/h14H,3-12H2,1-2H3. The lowest BCUT2D eigenvalue weighted by Gasteiger charge is -2.06. The number of rotatable bonds is 12. The van der Waals surface area contributed by atoms with Crippen molar-refractivity contribution in [2.75, 3.05) is 32.9 Å². The Morgan fingerprint density at radius 2 is 1.65 bits per heavy atom. The molecular formula is C13H27NO3. The number of nitrogens with one attached hydrogen (secondary N) is 1. The predicted octanol–water partition coefficient (Wildman–Crippen LogP) is 2.13. The molecule has 0 aromatic heterocycles. The highest BCUT2D eigenvalue weighted by atomic mass is 16.5. The fourth-order valence-corrected chi connectivity index (χ4v) is 1.22. The molecule has 0 aliphatic carbocycles. The second-order valence-electron chi connectivity index (χ2n) is 4.07. The molecule has 0 unspecified atom stereocenters. The summed E-state index contributed by atoms with van der Waals surface area (Å²) in [5.41, 5.74) is 0. The topological polar surface area (TPSA) is 47.6 Å². The number of hydrogen-bond donors (Lipinski definition) is 1. The SMILES string of the molecule is CCCCOCCCNCC(=O)OCCCC. The van der Waals surface area contributed by atoms with Crippen LogP contribution in [0.2, 0.25) is 0 Å². The highest BCUT2D eigenvalue weighted by molar-refractivity contribution is 5.71. The molecule has 0 aliphatic rings. The van der Waals surface area contributed by atoms with Crippen LogP contribution in [0.3, 0.4) is 0 Å². The van der Waals surface area contributed by atoms with Crippen LogP contribution in [0.4, 0.5) is 0 Å². The maximum absolute atomic E-state index is 11.2. The Labute approximate surface area is 105 Å². The fraction of sp³-hybridized carbons (Fsp3) is 0.923. The Morgan fingerprint density at radius 3 is 2.35 bits per heavy atom. The van der Waals surface area contributed by atoms with E-state index in [0.29, 0.717) is 13.2 Å². The van der Waals surface area contributed by atoms with E-state index in [1.807, 2.05) is 0 Å². The molecule has 4 heteroatoms. The molecule has 0 aromatic carbocycles. The molecule has 0 amide bonds. The van der Waals surface area contributed by atoms with Crippen molar-refractivity contribution >= 4 is 5.97 Å². The van der Waals surface area contributed by atoms with Gasteiger partial charge in [-0.3, -0.25) is 4.79 Å². The molecule has 0 heterocycles. The van der Waals surface area contributed by atoms with Crippen LogP contribution in [0.15, 0.2) is 0 Å². The molecule has 0 saturated heterocycles. The number of unbranched alkanes of at least 4 members (excludes halogenated alkanes) is 2. The molecule has 0 bridgehead atoms. The van der Waals surface area contributed by atoms with Crippen LogP contribution >= 0.6 is 0 Å². The third-order valence-corrected chi connectivity index (χ3v) is 2.31. The van der Waals surface area contributed by atoms with E-state index in [-0.39, 0.29) is 5.97 Å². The third kappa shape index (κ3) is 13.3. The van der Waals surface area contributed by atoms with Crippen LogP contribution in [-0.2, 0) is 14.3 Å². The molecule has 0 spiro atoms. The van der Waals surface area contributed by atoms with Crippen LogP contribution in [0.25, 0.3) is 0 Å². The van der Waals surface area contributed by atoms with Gasteiger partial charge in [-0.05, 0) is 25.8 Å². The molecule has 0 radical (unpaired) electrons. The molecule has 0 aromatic rings. The number of esters is 1. The number of ether oxygens (including phenoxy) is 2. The van der Waals surface area contributed by atoms with Gasteiger partial charge in [0.05, 0.1) is 13.2 Å². The number of hydrogen-bond acceptors (Lipinski definition) is 4. The van der Waals surface area contributed by atoms with Gasteiger partial charge in [-0.15, -0.1) is 0 Å². The smallest absolute Gasteiger partial charge is 0.319 e. The van der Waals surface area contributed by atoms with Gasteiger partial charge in [0.25, 0.3) is 0 Å². The van der Waals surface area contributed by atoms with Gasteiger partial charge in [-0.2, -0.15) is 0 Å². The zero-order valence-corrected chi connectivity index (χ0v) is 11.3. The summed E-state index contributed by atoms with van der Waals surface area (Å²) in [6, 6.07) is 0. The van der Waals surface area contributed by atoms with Gasteiger partial charge < -0.3 is 14.8 Å². The van der Waals surface area contributed by atoms with Crippen molar-refractivity contribution in [3.63, 3.8) is 0 Å². The maximum Gasteiger partial charge on any atom is 0.319 e. The van der Waals surface area contributed by atoms with Crippen LogP contribution in [0, 0.1) is 0 Å². The summed E-state index contributed by atoms with van der Waals surface area (Å²) in [7, 11) is 0. The Hall–Kier alpha value is -0.610. The molecule has 0 aliphatic heterocycles. The van der Waals surface area contributed by atoms with E-state index < -0.39 is 0 Å². The quantitative estimate of drug-likeness (QED) is 0.422. The van der Waals surface area contributed by atoms with Gasteiger partial charge in [-0.1, -0.05) is 26.7 Å². The van der Waals surface area contributed by atoms with Gasteiger partial charge in [0.15, 0.2) is 0 Å². The van der Waals surface area contributed by atoms with E-state index in [4.69, 9.17) is 9.47 Å². The Morgan fingerprint density at radius 1 is 1.00 bits per heavy atom. The van der Waals surface area contributed by atoms with E-state index in [1.165, 1.54) is 6.42 Å². The highest BCUT2D eigenvalue weighted by Crippen LogP contribution is 1.90. The average molecular weight is 245 g/mol. The van der Waals surface area contributed by atoms with Crippen LogP contribution < -0.4 is 5.32 Å². The third-order valence-electron chi connectivity index (χ3n) is 2.31. The Balaban J connectivity index is 3.08. The monoisotopic (exact) mass is 245 g/mol. The van der Waals surface area contributed by atoms with Crippen molar-refractivity contribution in [2.45, 2.75) is 46.0 Å². The summed E-state index contributed by atoms with van der Waals surface area (Å²) in [5, 5.41) is 3.05. The van der Waals surface area contributed by atoms with Crippen molar-refractivity contribution in [2.24, 2.45) is 0 Å². The minimum absolute atomic E-state index is 0.162. The first kappa shape index (κ1) is 16.4. The van der Waals surface area contributed by atoms with E-state index in [2.05, 4.69) is 19.2 Å². The minimum Gasteiger partial charge on any atom is -0.465 e. The summed E-state index contributed by atoms with van der Waals surface area (Å²) in [6.07, 6.45) is 5.22. The summed E-state index contributed by atoms with van der Waals surface area (Å²) in [5.74, 6) is -0.162. The average Bonchev–Trinajstić information content (AvgIpc) is 2.33. The first-order valence-corrected chi connectivity index (χ1v) is 6.75. The Bertz CT molecular complexity index is 174. The van der Waals surface area contributed by atoms with Gasteiger partial charge in [-0.25, -0.2) is 0 Å². The van der Waals surface area contributed by atoms with E-state index in [0.717, 1.165) is 45.4 Å². The van der Waals surface area contributed by atoms with Crippen LogP contribution in [0.1, 0.15) is 46.0 Å². The zero-order chi connectivity index (χ0) is 12.8. The summed E-state index contributed by atoms with van der Waals surface area (Å²) in [6.45, 7) is 7.47. The van der Waals surface area contributed by atoms with E-state index in [9.17, 15) is 4.79 Å². The first-order valence-electron chi connectivity index (χ1n) is 6.75. The number of carbonyl (C=O) groups excluding carboxylic acids is 1. The molecular weight excluding hydrogens is 218 g/mol. The van der Waals surface area contributed by atoms with Crippen molar-refractivity contribution < 1.29 is 14.3 Å². The second kappa shape index (κ2) is 13.5. The minimum atomic E-state index is -0.162. The predicted molar refractivity (Wildman–Crippen MR) is 69.1 cm³/mol. The zero-order valence-electron chi connectivity index (χ0n) is 11.3.